The predicted octanol–water partition coefficient (Wildman–Crippen LogP) is 1.94. The van der Waals surface area contributed by atoms with Crippen LogP contribution in [0.5, 0.6) is 0 Å². The Kier molecular flexibility index (Phi) is 3.30. The molecule has 0 aliphatic carbocycles. The third kappa shape index (κ3) is 3.30. The summed E-state index contributed by atoms with van der Waals surface area (Å²) in [4.78, 5) is 11.4. The Labute approximate surface area is 89.1 Å². The monoisotopic (exact) mass is 242 g/mol. The van der Waals surface area contributed by atoms with Crippen LogP contribution < -0.4 is 0 Å². The van der Waals surface area contributed by atoms with Gasteiger partial charge in [0.05, 0.1) is 22.0 Å². The molecule has 5 nitrogen and oxygen atoms in total. The third-order valence-corrected chi connectivity index (χ3v) is 3.05. The summed E-state index contributed by atoms with van der Waals surface area (Å²) in [5.41, 5.74) is -0.759. The number of halogens is 1. The number of carbonyl (C=O) groups excluding carboxylic acids is 1. The zero-order chi connectivity index (χ0) is 11.9. The van der Waals surface area contributed by atoms with Crippen LogP contribution in [0.4, 0.5) is 4.39 Å². The normalized spacial score (nSPS) is 32.4. The molecule has 1 heterocycles. The van der Waals surface area contributed by atoms with Gasteiger partial charge in [0.2, 0.25) is 0 Å². The Hall–Kier alpha value is -0.370. The van der Waals surface area contributed by atoms with Crippen molar-refractivity contribution in [2.45, 2.75) is 33.2 Å². The molecule has 90 valence electrons. The maximum atomic E-state index is 13.0. The number of hydrogen-bond acceptors (Lipinski definition) is 5. The van der Waals surface area contributed by atoms with Crippen molar-refractivity contribution in [3.8, 4) is 0 Å². The summed E-state index contributed by atoms with van der Waals surface area (Å²) in [5, 5.41) is 0. The molecule has 0 aromatic carbocycles. The van der Waals surface area contributed by atoms with Crippen LogP contribution in [0.2, 0.25) is 0 Å². The average Bonchev–Trinajstić information content (AvgIpc) is 2.22. The van der Waals surface area contributed by atoms with Crippen molar-refractivity contribution in [3.05, 3.63) is 0 Å². The maximum absolute atomic E-state index is 13.0. The molecule has 15 heavy (non-hydrogen) atoms. The number of carbonyl (C=O) groups is 1. The lowest BCUT2D eigenvalue weighted by Crippen LogP contribution is -2.32. The molecule has 0 bridgehead atoms. The van der Waals surface area contributed by atoms with Crippen molar-refractivity contribution >= 4 is 16.8 Å². The largest absolute Gasteiger partial charge is 0.455 e. The van der Waals surface area contributed by atoms with Crippen molar-refractivity contribution in [3.63, 3.8) is 0 Å². The van der Waals surface area contributed by atoms with Gasteiger partial charge in [0.25, 0.3) is 6.36 Å². The van der Waals surface area contributed by atoms with E-state index >= 15 is 0 Å². The van der Waals surface area contributed by atoms with E-state index < -0.39 is 40.5 Å². The lowest BCUT2D eigenvalue weighted by atomic mass is 9.97. The second-order valence-electron chi connectivity index (χ2n) is 4.41. The van der Waals surface area contributed by atoms with Gasteiger partial charge in [-0.3, -0.25) is 8.98 Å². The van der Waals surface area contributed by atoms with E-state index in [2.05, 4.69) is 4.18 Å². The van der Waals surface area contributed by atoms with Crippen molar-refractivity contribution in [2.75, 3.05) is 5.75 Å². The summed E-state index contributed by atoms with van der Waals surface area (Å²) in [6, 6.07) is 0. The second-order valence-corrected chi connectivity index (χ2v) is 6.15. The third-order valence-electron chi connectivity index (χ3n) is 1.79. The van der Waals surface area contributed by atoms with Crippen molar-refractivity contribution < 1.29 is 27.2 Å². The average molecular weight is 242 g/mol. The molecule has 1 saturated heterocycles. The van der Waals surface area contributed by atoms with Gasteiger partial charge in [0.15, 0.2) is 6.10 Å². The molecule has 1 rings (SSSR count). The lowest BCUT2D eigenvalue weighted by Gasteiger charge is -2.20. The van der Waals surface area contributed by atoms with E-state index in [0.717, 1.165) is 0 Å². The van der Waals surface area contributed by atoms with E-state index in [1.807, 2.05) is 0 Å². The van der Waals surface area contributed by atoms with Crippen LogP contribution in [0.15, 0.2) is 0 Å². The highest BCUT2D eigenvalue weighted by Gasteiger charge is 2.45. The summed E-state index contributed by atoms with van der Waals surface area (Å²) in [5.74, 6) is -1.01. The summed E-state index contributed by atoms with van der Waals surface area (Å²) < 4.78 is 40.1. The maximum Gasteiger partial charge on any atom is 0.311 e. The highest BCUT2D eigenvalue weighted by Crippen LogP contribution is 2.49. The minimum absolute atomic E-state index is 0.407. The van der Waals surface area contributed by atoms with Crippen LogP contribution in [0, 0.1) is 5.41 Å². The smallest absolute Gasteiger partial charge is 0.311 e. The van der Waals surface area contributed by atoms with Gasteiger partial charge < -0.3 is 13.8 Å². The standard InChI is InChI=1S/C8H15FO5S/c1-8(2,3)7(10)13-5-4-15(11,12)14-6(5)9/h5-6,11-12H,4H2,1-3H3. The number of alkyl halides is 1. The summed E-state index contributed by atoms with van der Waals surface area (Å²) >= 11 is 0. The highest BCUT2D eigenvalue weighted by atomic mass is 32.3. The Morgan fingerprint density at radius 2 is 2.07 bits per heavy atom. The van der Waals surface area contributed by atoms with Crippen molar-refractivity contribution in [1.29, 1.82) is 0 Å². The van der Waals surface area contributed by atoms with E-state index in [0.29, 0.717) is 0 Å². The first-order chi connectivity index (χ1) is 6.62. The molecule has 1 fully saturated rings. The molecular formula is C8H15FO5S. The molecule has 0 spiro atoms. The van der Waals surface area contributed by atoms with Gasteiger partial charge in [0.1, 0.15) is 0 Å². The highest BCUT2D eigenvalue weighted by molar-refractivity contribution is 8.20. The van der Waals surface area contributed by atoms with Gasteiger partial charge in [-0.15, -0.1) is 0 Å². The fourth-order valence-electron chi connectivity index (χ4n) is 0.940. The van der Waals surface area contributed by atoms with E-state index in [9.17, 15) is 9.18 Å². The molecule has 0 aromatic heterocycles. The fraction of sp³-hybridized carbons (Fsp3) is 0.875. The number of ether oxygens (including phenoxy) is 1. The second kappa shape index (κ2) is 3.89. The van der Waals surface area contributed by atoms with E-state index in [1.165, 1.54) is 0 Å². The molecule has 1 aliphatic heterocycles. The van der Waals surface area contributed by atoms with Crippen LogP contribution in [0.25, 0.3) is 0 Å². The molecule has 2 unspecified atom stereocenters. The first-order valence-electron chi connectivity index (χ1n) is 4.41. The van der Waals surface area contributed by atoms with Crippen LogP contribution >= 0.6 is 10.9 Å². The predicted molar refractivity (Wildman–Crippen MR) is 53.0 cm³/mol. The van der Waals surface area contributed by atoms with Gasteiger partial charge >= 0.3 is 5.97 Å². The molecule has 0 amide bonds. The molecule has 0 radical (unpaired) electrons. The summed E-state index contributed by atoms with van der Waals surface area (Å²) in [7, 11) is -3.39. The van der Waals surface area contributed by atoms with E-state index in [4.69, 9.17) is 13.8 Å². The van der Waals surface area contributed by atoms with E-state index in [1.54, 1.807) is 20.8 Å². The molecule has 2 N–H and O–H groups in total. The minimum atomic E-state index is -3.39. The van der Waals surface area contributed by atoms with Crippen LogP contribution in [0.1, 0.15) is 20.8 Å². The Bertz CT molecular complexity index is 262. The van der Waals surface area contributed by atoms with Crippen LogP contribution in [-0.4, -0.2) is 33.3 Å². The topological polar surface area (TPSA) is 76.0 Å². The molecule has 1 aliphatic rings. The Morgan fingerprint density at radius 1 is 1.53 bits per heavy atom. The number of rotatable bonds is 1. The van der Waals surface area contributed by atoms with Crippen LogP contribution in [-0.2, 0) is 13.7 Å². The van der Waals surface area contributed by atoms with Crippen LogP contribution in [0.3, 0.4) is 0 Å². The quantitative estimate of drug-likeness (QED) is 0.687. The first-order valence-corrected chi connectivity index (χ1v) is 6.05. The van der Waals surface area contributed by atoms with Gasteiger partial charge in [-0.1, -0.05) is 0 Å². The van der Waals surface area contributed by atoms with Crippen molar-refractivity contribution in [2.24, 2.45) is 5.41 Å². The van der Waals surface area contributed by atoms with Gasteiger partial charge in [-0.05, 0) is 20.8 Å². The SMILES string of the molecule is CC(C)(C)C(=O)OC1CS(O)(O)OC1F. The fourth-order valence-corrected chi connectivity index (χ4v) is 2.08. The molecule has 0 aromatic rings. The Morgan fingerprint density at radius 3 is 2.40 bits per heavy atom. The summed E-state index contributed by atoms with van der Waals surface area (Å²) in [6.45, 7) is 4.86. The summed E-state index contributed by atoms with van der Waals surface area (Å²) in [6.07, 6.45) is -3.21. The molecule has 2 atom stereocenters. The van der Waals surface area contributed by atoms with Gasteiger partial charge in [-0.25, -0.2) is 4.39 Å². The number of esters is 1. The molecule has 7 heteroatoms. The number of hydrogen-bond donors (Lipinski definition) is 2. The first kappa shape index (κ1) is 12.7. The van der Waals surface area contributed by atoms with E-state index in [-0.39, 0.29) is 0 Å². The lowest BCUT2D eigenvalue weighted by molar-refractivity contribution is -0.164. The minimum Gasteiger partial charge on any atom is -0.455 e. The zero-order valence-electron chi connectivity index (χ0n) is 8.77. The molecule has 0 saturated carbocycles. The zero-order valence-corrected chi connectivity index (χ0v) is 9.58. The molecular weight excluding hydrogens is 227 g/mol. The van der Waals surface area contributed by atoms with Gasteiger partial charge in [0, 0.05) is 0 Å². The van der Waals surface area contributed by atoms with Gasteiger partial charge in [-0.2, -0.15) is 0 Å². The van der Waals surface area contributed by atoms with Crippen molar-refractivity contribution in [1.82, 2.24) is 0 Å². The Balaban J connectivity index is 2.58.